The van der Waals surface area contributed by atoms with Crippen molar-refractivity contribution < 1.29 is 19.4 Å². The molecule has 126 valence electrons. The van der Waals surface area contributed by atoms with Crippen molar-refractivity contribution >= 4 is 12.0 Å². The molecule has 2 N–H and O–H groups in total. The van der Waals surface area contributed by atoms with E-state index in [1.165, 1.54) is 0 Å². The van der Waals surface area contributed by atoms with E-state index in [4.69, 9.17) is 9.84 Å². The van der Waals surface area contributed by atoms with Crippen molar-refractivity contribution in [2.24, 2.45) is 5.92 Å². The van der Waals surface area contributed by atoms with Gasteiger partial charge in [-0.2, -0.15) is 0 Å². The van der Waals surface area contributed by atoms with Crippen LogP contribution >= 0.6 is 0 Å². The van der Waals surface area contributed by atoms with Crippen LogP contribution in [-0.4, -0.2) is 78.4 Å². The Bertz CT molecular complexity index is 398. The van der Waals surface area contributed by atoms with Gasteiger partial charge in [0.1, 0.15) is 0 Å². The SMILES string of the molecule is CCN(CC(=O)O)C1CC(NC(=O)N2CCOCC(C)C2)C1. The van der Waals surface area contributed by atoms with Gasteiger partial charge in [0.05, 0.1) is 19.8 Å². The number of hydrogen-bond donors (Lipinski definition) is 2. The molecule has 1 aliphatic carbocycles. The molecule has 2 rings (SSSR count). The van der Waals surface area contributed by atoms with Gasteiger partial charge < -0.3 is 20.1 Å². The number of likely N-dealkylation sites (N-methyl/N-ethyl adjacent to an activating group) is 1. The third-order valence-electron chi connectivity index (χ3n) is 4.43. The Labute approximate surface area is 131 Å². The number of carboxylic acid groups (broad SMARTS) is 1. The summed E-state index contributed by atoms with van der Waals surface area (Å²) in [6.07, 6.45) is 1.65. The Kier molecular flexibility index (Phi) is 6.02. The topological polar surface area (TPSA) is 82.1 Å². The second-order valence-corrected chi connectivity index (χ2v) is 6.35. The zero-order valence-electron chi connectivity index (χ0n) is 13.5. The van der Waals surface area contributed by atoms with Crippen LogP contribution in [0.3, 0.4) is 0 Å². The Morgan fingerprint density at radius 2 is 2.14 bits per heavy atom. The highest BCUT2D eigenvalue weighted by atomic mass is 16.5. The van der Waals surface area contributed by atoms with Crippen molar-refractivity contribution in [3.63, 3.8) is 0 Å². The van der Waals surface area contributed by atoms with Gasteiger partial charge in [-0.05, 0) is 25.3 Å². The van der Waals surface area contributed by atoms with Gasteiger partial charge in [0, 0.05) is 25.2 Å². The maximum Gasteiger partial charge on any atom is 0.317 e. The number of nitrogens with one attached hydrogen (secondary N) is 1. The Hall–Kier alpha value is -1.34. The average Bonchev–Trinajstić information content (AvgIpc) is 2.64. The number of aliphatic carboxylic acids is 1. The molecule has 1 atom stereocenters. The van der Waals surface area contributed by atoms with Crippen LogP contribution in [0.15, 0.2) is 0 Å². The molecule has 2 fully saturated rings. The average molecular weight is 313 g/mol. The molecule has 0 bridgehead atoms. The summed E-state index contributed by atoms with van der Waals surface area (Å²) in [7, 11) is 0. The van der Waals surface area contributed by atoms with E-state index in [1.54, 1.807) is 0 Å². The molecule has 7 heteroatoms. The van der Waals surface area contributed by atoms with Crippen molar-refractivity contribution in [3.8, 4) is 0 Å². The molecule has 1 saturated heterocycles. The van der Waals surface area contributed by atoms with Crippen LogP contribution in [0.5, 0.6) is 0 Å². The van der Waals surface area contributed by atoms with Gasteiger partial charge in [-0.1, -0.05) is 13.8 Å². The Balaban J connectivity index is 1.74. The number of carbonyl (C=O) groups excluding carboxylic acids is 1. The third kappa shape index (κ3) is 4.58. The molecule has 0 aromatic carbocycles. The highest BCUT2D eigenvalue weighted by Gasteiger charge is 2.35. The van der Waals surface area contributed by atoms with E-state index in [2.05, 4.69) is 12.2 Å². The van der Waals surface area contributed by atoms with Crippen LogP contribution in [0, 0.1) is 5.92 Å². The van der Waals surface area contributed by atoms with Gasteiger partial charge in [0.2, 0.25) is 0 Å². The number of carboxylic acids is 1. The lowest BCUT2D eigenvalue weighted by Gasteiger charge is -2.42. The Morgan fingerprint density at radius 3 is 2.77 bits per heavy atom. The number of hydrogen-bond acceptors (Lipinski definition) is 4. The molecular weight excluding hydrogens is 286 g/mol. The van der Waals surface area contributed by atoms with Gasteiger partial charge in [0.15, 0.2) is 0 Å². The quantitative estimate of drug-likeness (QED) is 0.777. The molecule has 0 radical (unpaired) electrons. The second-order valence-electron chi connectivity index (χ2n) is 6.35. The molecule has 0 aromatic heterocycles. The first-order chi connectivity index (χ1) is 10.5. The van der Waals surface area contributed by atoms with Gasteiger partial charge in [-0.3, -0.25) is 9.69 Å². The van der Waals surface area contributed by atoms with E-state index in [1.807, 2.05) is 16.7 Å². The van der Waals surface area contributed by atoms with Crippen molar-refractivity contribution in [1.82, 2.24) is 15.1 Å². The van der Waals surface area contributed by atoms with Gasteiger partial charge in [-0.25, -0.2) is 4.79 Å². The van der Waals surface area contributed by atoms with Crippen molar-refractivity contribution in [2.75, 3.05) is 39.4 Å². The lowest BCUT2D eigenvalue weighted by atomic mass is 9.85. The van der Waals surface area contributed by atoms with Crippen LogP contribution < -0.4 is 5.32 Å². The fourth-order valence-corrected chi connectivity index (χ4v) is 3.11. The van der Waals surface area contributed by atoms with Gasteiger partial charge in [-0.15, -0.1) is 0 Å². The Morgan fingerprint density at radius 1 is 1.41 bits per heavy atom. The minimum absolute atomic E-state index is 0.0258. The standard InChI is InChI=1S/C15H27N3O4/c1-3-17(9-14(19)20)13-6-12(7-13)16-15(21)18-4-5-22-10-11(2)8-18/h11-13H,3-10H2,1-2H3,(H,16,21)(H,19,20). The van der Waals surface area contributed by atoms with Crippen LogP contribution in [0.4, 0.5) is 4.79 Å². The van der Waals surface area contributed by atoms with E-state index in [-0.39, 0.29) is 24.7 Å². The molecule has 1 unspecified atom stereocenters. The molecule has 0 aromatic rings. The second kappa shape index (κ2) is 7.78. The maximum atomic E-state index is 12.3. The summed E-state index contributed by atoms with van der Waals surface area (Å²) >= 11 is 0. The first-order valence-electron chi connectivity index (χ1n) is 8.08. The molecule has 2 aliphatic rings. The fourth-order valence-electron chi connectivity index (χ4n) is 3.11. The monoisotopic (exact) mass is 313 g/mol. The zero-order chi connectivity index (χ0) is 16.1. The minimum Gasteiger partial charge on any atom is -0.480 e. The van der Waals surface area contributed by atoms with Crippen molar-refractivity contribution in [3.05, 3.63) is 0 Å². The number of urea groups is 1. The molecule has 1 saturated carbocycles. The normalized spacial score (nSPS) is 28.9. The van der Waals surface area contributed by atoms with E-state index < -0.39 is 5.97 Å². The molecule has 22 heavy (non-hydrogen) atoms. The van der Waals surface area contributed by atoms with E-state index in [9.17, 15) is 9.59 Å². The highest BCUT2D eigenvalue weighted by molar-refractivity contribution is 5.74. The molecule has 0 spiro atoms. The summed E-state index contributed by atoms with van der Waals surface area (Å²) in [5.41, 5.74) is 0. The maximum absolute atomic E-state index is 12.3. The van der Waals surface area contributed by atoms with Crippen molar-refractivity contribution in [2.45, 2.75) is 38.8 Å². The summed E-state index contributed by atoms with van der Waals surface area (Å²) in [6.45, 7) is 7.49. The number of amides is 2. The van der Waals surface area contributed by atoms with E-state index in [0.29, 0.717) is 25.7 Å². The highest BCUT2D eigenvalue weighted by Crippen LogP contribution is 2.25. The fraction of sp³-hybridized carbons (Fsp3) is 0.867. The molecule has 1 aliphatic heterocycles. The summed E-state index contributed by atoms with van der Waals surface area (Å²) < 4.78 is 5.45. The van der Waals surface area contributed by atoms with E-state index >= 15 is 0 Å². The van der Waals surface area contributed by atoms with Gasteiger partial charge >= 0.3 is 12.0 Å². The number of ether oxygens (including phenoxy) is 1. The summed E-state index contributed by atoms with van der Waals surface area (Å²) in [6, 6.07) is 0.389. The first-order valence-corrected chi connectivity index (χ1v) is 8.08. The van der Waals surface area contributed by atoms with Crippen LogP contribution in [0.25, 0.3) is 0 Å². The largest absolute Gasteiger partial charge is 0.480 e. The third-order valence-corrected chi connectivity index (χ3v) is 4.43. The summed E-state index contributed by atoms with van der Waals surface area (Å²) in [4.78, 5) is 26.9. The molecule has 2 amide bonds. The van der Waals surface area contributed by atoms with Crippen molar-refractivity contribution in [1.29, 1.82) is 0 Å². The van der Waals surface area contributed by atoms with Gasteiger partial charge in [0.25, 0.3) is 0 Å². The minimum atomic E-state index is -0.798. The summed E-state index contributed by atoms with van der Waals surface area (Å²) in [5, 5.41) is 11.9. The summed E-state index contributed by atoms with van der Waals surface area (Å²) in [5.74, 6) is -0.443. The predicted molar refractivity (Wildman–Crippen MR) is 81.8 cm³/mol. The lowest BCUT2D eigenvalue weighted by molar-refractivity contribution is -0.139. The smallest absolute Gasteiger partial charge is 0.317 e. The number of nitrogens with zero attached hydrogens (tertiary/aromatic N) is 2. The van der Waals surface area contributed by atoms with Crippen LogP contribution in [-0.2, 0) is 9.53 Å². The molecule has 1 heterocycles. The number of rotatable bonds is 5. The number of carbonyl (C=O) groups is 2. The van der Waals surface area contributed by atoms with Crippen LogP contribution in [0.2, 0.25) is 0 Å². The molecule has 7 nitrogen and oxygen atoms in total. The first kappa shape index (κ1) is 17.0. The zero-order valence-corrected chi connectivity index (χ0v) is 13.5. The predicted octanol–water partition coefficient (Wildman–Crippen LogP) is 0.602. The molecular formula is C15H27N3O4. The van der Waals surface area contributed by atoms with Crippen LogP contribution in [0.1, 0.15) is 26.7 Å². The van der Waals surface area contributed by atoms with E-state index in [0.717, 1.165) is 25.9 Å². The lowest BCUT2D eigenvalue weighted by Crippen LogP contribution is -2.57.